The number of H-pyrrole nitrogens is 1. The third-order valence-electron chi connectivity index (χ3n) is 4.40. The summed E-state index contributed by atoms with van der Waals surface area (Å²) in [6, 6.07) is 7.49. The van der Waals surface area contributed by atoms with E-state index in [1.807, 2.05) is 25.1 Å². The molecule has 2 heterocycles. The van der Waals surface area contributed by atoms with Crippen molar-refractivity contribution >= 4 is 11.9 Å². The van der Waals surface area contributed by atoms with Gasteiger partial charge in [-0.25, -0.2) is 0 Å². The number of rotatable bonds is 6. The molecular weight excluding hydrogens is 324 g/mol. The molecule has 8 heteroatoms. The highest BCUT2D eigenvalue weighted by Crippen LogP contribution is 2.33. The molecule has 0 saturated carbocycles. The van der Waals surface area contributed by atoms with E-state index in [4.69, 9.17) is 9.84 Å². The van der Waals surface area contributed by atoms with Crippen molar-refractivity contribution in [3.63, 3.8) is 0 Å². The van der Waals surface area contributed by atoms with Crippen molar-refractivity contribution in [2.45, 2.75) is 19.3 Å². The minimum Gasteiger partial charge on any atom is -0.484 e. The first-order chi connectivity index (χ1) is 12.0. The lowest BCUT2D eigenvalue weighted by atomic mass is 9.91. The van der Waals surface area contributed by atoms with E-state index in [1.54, 1.807) is 17.2 Å². The number of nitrogens with zero attached hydrogens (tertiary/aromatic N) is 3. The first-order valence-corrected chi connectivity index (χ1v) is 8.07. The van der Waals surface area contributed by atoms with Crippen LogP contribution in [0, 0.1) is 12.8 Å². The van der Waals surface area contributed by atoms with E-state index in [-0.39, 0.29) is 30.8 Å². The number of aryl methyl sites for hydroxylation is 1. The number of benzene rings is 1. The van der Waals surface area contributed by atoms with Crippen LogP contribution in [0.5, 0.6) is 5.75 Å². The van der Waals surface area contributed by atoms with Gasteiger partial charge >= 0.3 is 5.97 Å². The fraction of sp³-hybridized carbons (Fsp3) is 0.412. The second-order valence-electron chi connectivity index (χ2n) is 6.26. The normalized spacial score (nSPS) is 19.8. The highest BCUT2D eigenvalue weighted by molar-refractivity contribution is 5.78. The Bertz CT molecular complexity index is 747. The molecule has 132 valence electrons. The summed E-state index contributed by atoms with van der Waals surface area (Å²) in [4.78, 5) is 25.2. The van der Waals surface area contributed by atoms with Crippen molar-refractivity contribution in [2.75, 3.05) is 19.7 Å². The van der Waals surface area contributed by atoms with Crippen molar-refractivity contribution in [1.29, 1.82) is 0 Å². The molecule has 0 spiro atoms. The van der Waals surface area contributed by atoms with Crippen LogP contribution in [0.2, 0.25) is 0 Å². The number of amides is 1. The first-order valence-electron chi connectivity index (χ1n) is 8.07. The third kappa shape index (κ3) is 4.14. The molecule has 2 N–H and O–H groups in total. The van der Waals surface area contributed by atoms with Crippen LogP contribution < -0.4 is 4.74 Å². The van der Waals surface area contributed by atoms with Crippen LogP contribution in [0.15, 0.2) is 30.5 Å². The van der Waals surface area contributed by atoms with E-state index in [1.165, 1.54) is 0 Å². The summed E-state index contributed by atoms with van der Waals surface area (Å²) in [5.74, 6) is -0.738. The number of carbonyl (C=O) groups excluding carboxylic acids is 1. The molecule has 0 aliphatic carbocycles. The maximum atomic E-state index is 12.5. The summed E-state index contributed by atoms with van der Waals surface area (Å²) in [6.07, 6.45) is 1.57. The largest absolute Gasteiger partial charge is 0.484 e. The summed E-state index contributed by atoms with van der Waals surface area (Å²) in [7, 11) is 0. The van der Waals surface area contributed by atoms with E-state index >= 15 is 0 Å². The Morgan fingerprint density at radius 3 is 2.92 bits per heavy atom. The Balaban J connectivity index is 1.63. The summed E-state index contributed by atoms with van der Waals surface area (Å²) < 4.78 is 5.56. The maximum Gasteiger partial charge on any atom is 0.303 e. The number of likely N-dealkylation sites (tertiary alicyclic amines) is 1. The lowest BCUT2D eigenvalue weighted by Gasteiger charge is -2.16. The van der Waals surface area contributed by atoms with Gasteiger partial charge in [0.1, 0.15) is 5.75 Å². The molecule has 3 rings (SSSR count). The van der Waals surface area contributed by atoms with E-state index in [2.05, 4.69) is 15.4 Å². The van der Waals surface area contributed by atoms with E-state index in [9.17, 15) is 9.59 Å². The number of aromatic nitrogens is 3. The second kappa shape index (κ2) is 7.33. The summed E-state index contributed by atoms with van der Waals surface area (Å²) >= 11 is 0. The number of carboxylic acid groups (broad SMARTS) is 1. The zero-order valence-corrected chi connectivity index (χ0v) is 13.9. The maximum absolute atomic E-state index is 12.5. The molecular formula is C17H20N4O4. The van der Waals surface area contributed by atoms with Gasteiger partial charge in [-0.05, 0) is 30.5 Å². The molecule has 1 aromatic heterocycles. The molecule has 1 aliphatic heterocycles. The predicted molar refractivity (Wildman–Crippen MR) is 88.1 cm³/mol. The fourth-order valence-electron chi connectivity index (χ4n) is 3.17. The predicted octanol–water partition coefficient (Wildman–Crippen LogP) is 1.21. The highest BCUT2D eigenvalue weighted by atomic mass is 16.5. The molecule has 2 unspecified atom stereocenters. The van der Waals surface area contributed by atoms with Crippen LogP contribution in [0.1, 0.15) is 23.6 Å². The lowest BCUT2D eigenvalue weighted by Crippen LogP contribution is -2.33. The van der Waals surface area contributed by atoms with Crippen LogP contribution in [0.3, 0.4) is 0 Å². The molecule has 25 heavy (non-hydrogen) atoms. The van der Waals surface area contributed by atoms with Gasteiger partial charge in [0.2, 0.25) is 0 Å². The van der Waals surface area contributed by atoms with Gasteiger partial charge in [0.15, 0.2) is 6.61 Å². The van der Waals surface area contributed by atoms with Crippen LogP contribution in [0.25, 0.3) is 0 Å². The lowest BCUT2D eigenvalue weighted by molar-refractivity contribution is -0.138. The third-order valence-corrected chi connectivity index (χ3v) is 4.40. The van der Waals surface area contributed by atoms with Gasteiger partial charge in [-0.1, -0.05) is 12.1 Å². The smallest absolute Gasteiger partial charge is 0.303 e. The first kappa shape index (κ1) is 16.9. The molecule has 0 bridgehead atoms. The van der Waals surface area contributed by atoms with Gasteiger partial charge in [0.05, 0.1) is 18.3 Å². The van der Waals surface area contributed by atoms with Crippen molar-refractivity contribution in [3.8, 4) is 5.75 Å². The van der Waals surface area contributed by atoms with Crippen molar-refractivity contribution < 1.29 is 19.4 Å². The second-order valence-corrected chi connectivity index (χ2v) is 6.26. The molecule has 2 atom stereocenters. The molecule has 0 radical (unpaired) electrons. The van der Waals surface area contributed by atoms with Crippen molar-refractivity contribution in [3.05, 3.63) is 41.7 Å². The van der Waals surface area contributed by atoms with Gasteiger partial charge in [-0.2, -0.15) is 15.4 Å². The highest BCUT2D eigenvalue weighted by Gasteiger charge is 2.38. The van der Waals surface area contributed by atoms with Gasteiger partial charge in [0, 0.05) is 19.0 Å². The van der Waals surface area contributed by atoms with Gasteiger partial charge in [0.25, 0.3) is 5.91 Å². The molecule has 8 nitrogen and oxygen atoms in total. The van der Waals surface area contributed by atoms with E-state index in [0.717, 1.165) is 5.56 Å². The topological polar surface area (TPSA) is 108 Å². The summed E-state index contributed by atoms with van der Waals surface area (Å²) in [6.45, 7) is 2.67. The number of nitrogens with one attached hydrogen (secondary N) is 1. The van der Waals surface area contributed by atoms with Crippen LogP contribution in [-0.4, -0.2) is 57.0 Å². The standard InChI is InChI=1S/C17H20N4O4/c1-11-3-2-4-13(5-11)25-10-16(22)21-8-12(6-17(23)24)14(9-21)15-7-18-20-19-15/h2-5,7,12,14H,6,8-10H2,1H3,(H,23,24)(H,18,19,20). The van der Waals surface area contributed by atoms with E-state index < -0.39 is 5.97 Å². The van der Waals surface area contributed by atoms with Crippen LogP contribution in [0.4, 0.5) is 0 Å². The van der Waals surface area contributed by atoms with Gasteiger partial charge < -0.3 is 14.7 Å². The fourth-order valence-corrected chi connectivity index (χ4v) is 3.17. The zero-order chi connectivity index (χ0) is 17.8. The van der Waals surface area contributed by atoms with Gasteiger partial charge in [-0.15, -0.1) is 0 Å². The number of ether oxygens (including phenoxy) is 1. The summed E-state index contributed by atoms with van der Waals surface area (Å²) in [5, 5.41) is 19.5. The number of aliphatic carboxylic acids is 1. The SMILES string of the molecule is Cc1cccc(OCC(=O)N2CC(CC(=O)O)C(c3cn[nH]n3)C2)c1. The molecule has 1 amide bonds. The summed E-state index contributed by atoms with van der Waals surface area (Å²) in [5.41, 5.74) is 1.74. The minimum atomic E-state index is -0.885. The Kier molecular flexibility index (Phi) is 4.97. The minimum absolute atomic E-state index is 0.0138. The van der Waals surface area contributed by atoms with Crippen LogP contribution in [-0.2, 0) is 9.59 Å². The molecule has 2 aromatic rings. The number of aromatic amines is 1. The van der Waals surface area contributed by atoms with Gasteiger partial charge in [-0.3, -0.25) is 9.59 Å². The molecule has 1 aliphatic rings. The average Bonchev–Trinajstić information content (AvgIpc) is 3.21. The molecule has 1 aromatic carbocycles. The number of carbonyl (C=O) groups is 2. The van der Waals surface area contributed by atoms with Crippen molar-refractivity contribution in [1.82, 2.24) is 20.3 Å². The Labute approximate surface area is 144 Å². The average molecular weight is 344 g/mol. The van der Waals surface area contributed by atoms with Crippen molar-refractivity contribution in [2.24, 2.45) is 5.92 Å². The monoisotopic (exact) mass is 344 g/mol. The van der Waals surface area contributed by atoms with Crippen LogP contribution >= 0.6 is 0 Å². The quantitative estimate of drug-likeness (QED) is 0.815. The zero-order valence-electron chi connectivity index (χ0n) is 13.9. The number of hydrogen-bond acceptors (Lipinski definition) is 5. The number of hydrogen-bond donors (Lipinski definition) is 2. The molecule has 1 saturated heterocycles. The van der Waals surface area contributed by atoms with E-state index in [0.29, 0.717) is 24.5 Å². The number of carboxylic acids is 1. The Morgan fingerprint density at radius 2 is 2.24 bits per heavy atom. The Morgan fingerprint density at radius 1 is 1.40 bits per heavy atom. The Hall–Kier alpha value is -2.90. The molecule has 1 fully saturated rings.